The first-order valence-electron chi connectivity index (χ1n) is 6.92. The summed E-state index contributed by atoms with van der Waals surface area (Å²) < 4.78 is 19.0. The lowest BCUT2D eigenvalue weighted by molar-refractivity contribution is -0.133. The Bertz CT molecular complexity index is 486. The van der Waals surface area contributed by atoms with Gasteiger partial charge in [0.1, 0.15) is 11.6 Å². The summed E-state index contributed by atoms with van der Waals surface area (Å²) in [4.78, 5) is 13.7. The predicted octanol–water partition coefficient (Wildman–Crippen LogP) is 2.27. The van der Waals surface area contributed by atoms with Gasteiger partial charge in [-0.05, 0) is 38.8 Å². The number of benzene rings is 1. The quantitative estimate of drug-likeness (QED) is 0.870. The maximum Gasteiger partial charge on any atom is 0.260 e. The van der Waals surface area contributed by atoms with Crippen molar-refractivity contribution >= 4 is 5.91 Å². The van der Waals surface area contributed by atoms with Gasteiger partial charge in [-0.15, -0.1) is 0 Å². The molecule has 1 fully saturated rings. The van der Waals surface area contributed by atoms with Crippen LogP contribution in [0.1, 0.15) is 38.4 Å². The van der Waals surface area contributed by atoms with Gasteiger partial charge in [0.2, 0.25) is 0 Å². The molecule has 1 aliphatic rings. The highest BCUT2D eigenvalue weighted by Gasteiger charge is 2.31. The Labute approximate surface area is 118 Å². The van der Waals surface area contributed by atoms with E-state index in [0.717, 1.165) is 12.8 Å². The molecule has 0 spiro atoms. The lowest BCUT2D eigenvalue weighted by atomic mass is 10.1. The minimum Gasteiger partial charge on any atom is -0.484 e. The summed E-state index contributed by atoms with van der Waals surface area (Å²) in [6.07, 6.45) is 1.24. The number of nitrogens with zero attached hydrogens (tertiary/aromatic N) is 1. The molecule has 1 aromatic rings. The molecule has 0 heterocycles. The lowest BCUT2D eigenvalue weighted by Crippen LogP contribution is -2.36. The molecule has 4 nitrogen and oxygen atoms in total. The number of hydrogen-bond acceptors (Lipinski definition) is 3. The number of likely N-dealkylation sites (N-methyl/N-ethyl adjacent to an activating group) is 1. The summed E-state index contributed by atoms with van der Waals surface area (Å²) >= 11 is 0. The summed E-state index contributed by atoms with van der Waals surface area (Å²) in [6.45, 7) is 4.02. The first kappa shape index (κ1) is 14.8. The number of carbonyl (C=O) groups excluding carboxylic acids is 1. The molecular formula is C15H20FNO3. The van der Waals surface area contributed by atoms with Crippen LogP contribution in [0.2, 0.25) is 0 Å². The van der Waals surface area contributed by atoms with Gasteiger partial charge in [-0.3, -0.25) is 4.79 Å². The Morgan fingerprint density at radius 3 is 2.75 bits per heavy atom. The van der Waals surface area contributed by atoms with Gasteiger partial charge in [-0.1, -0.05) is 0 Å². The van der Waals surface area contributed by atoms with Crippen molar-refractivity contribution in [3.05, 3.63) is 29.6 Å². The van der Waals surface area contributed by atoms with Crippen molar-refractivity contribution in [1.29, 1.82) is 0 Å². The van der Waals surface area contributed by atoms with E-state index in [1.54, 1.807) is 11.0 Å². The van der Waals surface area contributed by atoms with Crippen molar-refractivity contribution in [2.45, 2.75) is 38.8 Å². The van der Waals surface area contributed by atoms with Gasteiger partial charge in [0.15, 0.2) is 6.61 Å². The van der Waals surface area contributed by atoms with Crippen molar-refractivity contribution in [3.8, 4) is 5.75 Å². The standard InChI is InChI=1S/C15H20FNO3/c1-3-17(11-4-5-11)15(19)9-20-12-6-7-13(10(2)18)14(16)8-12/h6-8,10-11,18H,3-5,9H2,1-2H3/t10-/m1/s1. The molecule has 0 bridgehead atoms. The van der Waals surface area contributed by atoms with Gasteiger partial charge in [0.25, 0.3) is 5.91 Å². The molecule has 1 saturated carbocycles. The molecule has 0 radical (unpaired) electrons. The number of halogens is 1. The van der Waals surface area contributed by atoms with Crippen molar-refractivity contribution in [2.24, 2.45) is 0 Å². The minimum atomic E-state index is -0.865. The van der Waals surface area contributed by atoms with E-state index in [9.17, 15) is 14.3 Å². The smallest absolute Gasteiger partial charge is 0.260 e. The first-order valence-corrected chi connectivity index (χ1v) is 6.92. The SMILES string of the molecule is CCN(C(=O)COc1ccc([C@@H](C)O)c(F)c1)C1CC1. The van der Waals surface area contributed by atoms with E-state index in [4.69, 9.17) is 4.74 Å². The van der Waals surface area contributed by atoms with E-state index in [-0.39, 0.29) is 18.1 Å². The zero-order valence-corrected chi connectivity index (χ0v) is 11.8. The van der Waals surface area contributed by atoms with Gasteiger partial charge in [-0.2, -0.15) is 0 Å². The number of ether oxygens (including phenoxy) is 1. The number of carbonyl (C=O) groups is 1. The molecule has 20 heavy (non-hydrogen) atoms. The summed E-state index contributed by atoms with van der Waals surface area (Å²) in [5.74, 6) is -0.304. The number of hydrogen-bond donors (Lipinski definition) is 1. The molecule has 0 aromatic heterocycles. The molecule has 1 aromatic carbocycles. The van der Waals surface area contributed by atoms with Crippen LogP contribution in [0.5, 0.6) is 5.75 Å². The second-order valence-corrected chi connectivity index (χ2v) is 5.06. The van der Waals surface area contributed by atoms with E-state index in [0.29, 0.717) is 18.3 Å². The number of amides is 1. The highest BCUT2D eigenvalue weighted by Crippen LogP contribution is 2.27. The number of rotatable bonds is 6. The minimum absolute atomic E-state index is 0.0741. The second kappa shape index (κ2) is 6.22. The zero-order valence-electron chi connectivity index (χ0n) is 11.8. The topological polar surface area (TPSA) is 49.8 Å². The fraction of sp³-hybridized carbons (Fsp3) is 0.533. The maximum atomic E-state index is 13.7. The zero-order chi connectivity index (χ0) is 14.7. The highest BCUT2D eigenvalue weighted by molar-refractivity contribution is 5.78. The van der Waals surface area contributed by atoms with E-state index < -0.39 is 11.9 Å². The monoisotopic (exact) mass is 281 g/mol. The van der Waals surface area contributed by atoms with Crippen LogP contribution in [0.25, 0.3) is 0 Å². The van der Waals surface area contributed by atoms with Crippen LogP contribution in [-0.4, -0.2) is 35.1 Å². The molecule has 5 heteroatoms. The molecule has 1 aliphatic carbocycles. The van der Waals surface area contributed by atoms with Crippen LogP contribution in [0.15, 0.2) is 18.2 Å². The first-order chi connectivity index (χ1) is 9.52. The third-order valence-corrected chi connectivity index (χ3v) is 3.43. The van der Waals surface area contributed by atoms with Crippen molar-refractivity contribution < 1.29 is 19.0 Å². The van der Waals surface area contributed by atoms with E-state index in [1.807, 2.05) is 6.92 Å². The van der Waals surface area contributed by atoms with Crippen molar-refractivity contribution in [3.63, 3.8) is 0 Å². The number of aliphatic hydroxyl groups is 1. The molecule has 0 saturated heterocycles. The molecule has 1 atom stereocenters. The second-order valence-electron chi connectivity index (χ2n) is 5.06. The van der Waals surface area contributed by atoms with E-state index in [2.05, 4.69) is 0 Å². The van der Waals surface area contributed by atoms with E-state index in [1.165, 1.54) is 19.1 Å². The van der Waals surface area contributed by atoms with Gasteiger partial charge in [0.05, 0.1) is 6.10 Å². The van der Waals surface area contributed by atoms with Crippen LogP contribution in [0.4, 0.5) is 4.39 Å². The van der Waals surface area contributed by atoms with Gasteiger partial charge < -0.3 is 14.7 Å². The lowest BCUT2D eigenvalue weighted by Gasteiger charge is -2.20. The molecular weight excluding hydrogens is 261 g/mol. The fourth-order valence-electron chi connectivity index (χ4n) is 2.19. The van der Waals surface area contributed by atoms with Crippen molar-refractivity contribution in [2.75, 3.05) is 13.2 Å². The Morgan fingerprint density at radius 1 is 1.55 bits per heavy atom. The van der Waals surface area contributed by atoms with Crippen LogP contribution >= 0.6 is 0 Å². The summed E-state index contributed by atoms with van der Waals surface area (Å²) in [5.41, 5.74) is 0.219. The summed E-state index contributed by atoms with van der Waals surface area (Å²) in [6, 6.07) is 4.58. The molecule has 1 amide bonds. The van der Waals surface area contributed by atoms with E-state index >= 15 is 0 Å². The normalized spacial score (nSPS) is 15.8. The van der Waals surface area contributed by atoms with Crippen LogP contribution in [0.3, 0.4) is 0 Å². The van der Waals surface area contributed by atoms with Gasteiger partial charge in [0, 0.05) is 24.2 Å². The third-order valence-electron chi connectivity index (χ3n) is 3.43. The molecule has 110 valence electrons. The van der Waals surface area contributed by atoms with Gasteiger partial charge >= 0.3 is 0 Å². The largest absolute Gasteiger partial charge is 0.484 e. The van der Waals surface area contributed by atoms with Gasteiger partial charge in [-0.25, -0.2) is 4.39 Å². The van der Waals surface area contributed by atoms with Crippen LogP contribution in [-0.2, 0) is 4.79 Å². The Hall–Kier alpha value is -1.62. The highest BCUT2D eigenvalue weighted by atomic mass is 19.1. The Kier molecular flexibility index (Phi) is 4.60. The Morgan fingerprint density at radius 2 is 2.25 bits per heavy atom. The molecule has 0 aliphatic heterocycles. The van der Waals surface area contributed by atoms with Crippen LogP contribution in [0, 0.1) is 5.82 Å². The average Bonchev–Trinajstić information content (AvgIpc) is 3.21. The third kappa shape index (κ3) is 3.48. The Balaban J connectivity index is 1.93. The number of aliphatic hydroxyl groups excluding tert-OH is 1. The summed E-state index contributed by atoms with van der Waals surface area (Å²) in [7, 11) is 0. The fourth-order valence-corrected chi connectivity index (χ4v) is 2.19. The maximum absolute atomic E-state index is 13.7. The molecule has 0 unspecified atom stereocenters. The molecule has 1 N–H and O–H groups in total. The average molecular weight is 281 g/mol. The van der Waals surface area contributed by atoms with Crippen LogP contribution < -0.4 is 4.74 Å². The molecule has 2 rings (SSSR count). The van der Waals surface area contributed by atoms with Crippen molar-refractivity contribution in [1.82, 2.24) is 4.90 Å². The predicted molar refractivity (Wildman–Crippen MR) is 72.9 cm³/mol. The summed E-state index contributed by atoms with van der Waals surface area (Å²) in [5, 5.41) is 9.34.